The van der Waals surface area contributed by atoms with E-state index in [-0.39, 0.29) is 6.42 Å². The predicted octanol–water partition coefficient (Wildman–Crippen LogP) is 2.81. The van der Waals surface area contributed by atoms with Gasteiger partial charge in [0.2, 0.25) is 0 Å². The average Bonchev–Trinajstić information content (AvgIpc) is 2.47. The van der Waals surface area contributed by atoms with E-state index in [1.54, 1.807) is 25.1 Å². The molecular weight excluding hydrogens is 258 g/mol. The van der Waals surface area contributed by atoms with Gasteiger partial charge >= 0.3 is 5.97 Å². The van der Waals surface area contributed by atoms with Crippen molar-refractivity contribution >= 4 is 5.97 Å². The second-order valence-corrected chi connectivity index (χ2v) is 4.51. The fraction of sp³-hybridized carbons (Fsp3) is 0.467. The Labute approximate surface area is 118 Å². The summed E-state index contributed by atoms with van der Waals surface area (Å²) < 4.78 is 10.3. The van der Waals surface area contributed by atoms with E-state index in [1.807, 2.05) is 0 Å². The number of nitriles is 1. The molecule has 1 rings (SSSR count). The molecule has 5 nitrogen and oxygen atoms in total. The monoisotopic (exact) mass is 277 g/mol. The Kier molecular flexibility index (Phi) is 5.85. The van der Waals surface area contributed by atoms with Crippen molar-refractivity contribution in [1.82, 2.24) is 0 Å². The maximum absolute atomic E-state index is 11.1. The van der Waals surface area contributed by atoms with Gasteiger partial charge in [0.1, 0.15) is 11.5 Å². The van der Waals surface area contributed by atoms with Crippen LogP contribution >= 0.6 is 0 Å². The number of rotatable bonds is 7. The third-order valence-corrected chi connectivity index (χ3v) is 3.29. The van der Waals surface area contributed by atoms with Gasteiger partial charge in [-0.2, -0.15) is 5.26 Å². The topological polar surface area (TPSA) is 79.5 Å². The molecule has 0 aliphatic heterocycles. The zero-order chi connectivity index (χ0) is 15.1. The molecule has 1 N–H and O–H groups in total. The lowest BCUT2D eigenvalue weighted by Gasteiger charge is -2.16. The molecule has 0 bridgehead atoms. The summed E-state index contributed by atoms with van der Waals surface area (Å²) >= 11 is 0. The number of carbonyl (C=O) groups is 1. The highest BCUT2D eigenvalue weighted by molar-refractivity contribution is 5.70. The number of ether oxygens (including phenoxy) is 2. The Bertz CT molecular complexity index is 485. The quantitative estimate of drug-likeness (QED) is 0.829. The molecule has 0 spiro atoms. The summed E-state index contributed by atoms with van der Waals surface area (Å²) in [5.74, 6) is -0.731. The number of hydrogen-bond donors (Lipinski definition) is 1. The van der Waals surface area contributed by atoms with Crippen LogP contribution in [0.25, 0.3) is 0 Å². The molecule has 0 aliphatic carbocycles. The minimum atomic E-state index is -0.873. The summed E-state index contributed by atoms with van der Waals surface area (Å²) in [6.45, 7) is 1.80. The van der Waals surface area contributed by atoms with Gasteiger partial charge in [-0.25, -0.2) is 0 Å². The predicted molar refractivity (Wildman–Crippen MR) is 73.9 cm³/mol. The van der Waals surface area contributed by atoms with E-state index >= 15 is 0 Å². The molecule has 2 unspecified atom stereocenters. The highest BCUT2D eigenvalue weighted by atomic mass is 16.5. The molecule has 0 radical (unpaired) electrons. The number of hydrogen-bond acceptors (Lipinski definition) is 4. The molecular formula is C15H19NO4. The molecule has 0 saturated carbocycles. The number of carboxylic acid groups (broad SMARTS) is 1. The molecule has 0 amide bonds. The lowest BCUT2D eigenvalue weighted by molar-refractivity contribution is -0.142. The first-order valence-electron chi connectivity index (χ1n) is 6.41. The van der Waals surface area contributed by atoms with Gasteiger partial charge in [-0.1, -0.05) is 6.92 Å². The van der Waals surface area contributed by atoms with E-state index < -0.39 is 17.8 Å². The summed E-state index contributed by atoms with van der Waals surface area (Å²) in [5.41, 5.74) is 0.711. The summed E-state index contributed by atoms with van der Waals surface area (Å²) in [6.07, 6.45) is 0.771. The Hall–Kier alpha value is -2.22. The van der Waals surface area contributed by atoms with Crippen molar-refractivity contribution in [3.63, 3.8) is 0 Å². The highest BCUT2D eigenvalue weighted by Gasteiger charge is 2.23. The fourth-order valence-electron chi connectivity index (χ4n) is 2.02. The van der Waals surface area contributed by atoms with Crippen molar-refractivity contribution in [2.75, 3.05) is 14.2 Å². The largest absolute Gasteiger partial charge is 0.497 e. The maximum Gasteiger partial charge on any atom is 0.306 e. The van der Waals surface area contributed by atoms with E-state index in [4.69, 9.17) is 14.6 Å². The van der Waals surface area contributed by atoms with Crippen LogP contribution in [0.15, 0.2) is 18.2 Å². The zero-order valence-corrected chi connectivity index (χ0v) is 11.9. The average molecular weight is 277 g/mol. The van der Waals surface area contributed by atoms with E-state index in [0.29, 0.717) is 23.5 Å². The third kappa shape index (κ3) is 3.89. The van der Waals surface area contributed by atoms with Gasteiger partial charge < -0.3 is 14.6 Å². The molecule has 0 aliphatic rings. The molecule has 108 valence electrons. The van der Waals surface area contributed by atoms with Crippen LogP contribution in [-0.4, -0.2) is 25.3 Å². The summed E-state index contributed by atoms with van der Waals surface area (Å²) in [4.78, 5) is 11.1. The smallest absolute Gasteiger partial charge is 0.306 e. The van der Waals surface area contributed by atoms with Gasteiger partial charge in [-0.05, 0) is 30.5 Å². The van der Waals surface area contributed by atoms with Crippen LogP contribution in [-0.2, 0) is 4.79 Å². The Morgan fingerprint density at radius 2 is 1.85 bits per heavy atom. The molecule has 0 saturated heterocycles. The normalized spacial score (nSPS) is 13.1. The summed E-state index contributed by atoms with van der Waals surface area (Å²) in [7, 11) is 3.07. The van der Waals surface area contributed by atoms with Gasteiger partial charge in [0.05, 0.1) is 32.1 Å². The second-order valence-electron chi connectivity index (χ2n) is 4.51. The molecule has 0 aromatic heterocycles. The van der Waals surface area contributed by atoms with Crippen LogP contribution in [0.3, 0.4) is 0 Å². The van der Waals surface area contributed by atoms with Crippen LogP contribution < -0.4 is 9.47 Å². The fourth-order valence-corrected chi connectivity index (χ4v) is 2.02. The molecule has 2 atom stereocenters. The highest BCUT2D eigenvalue weighted by Crippen LogP contribution is 2.31. The Balaban J connectivity index is 3.06. The van der Waals surface area contributed by atoms with Crippen molar-refractivity contribution in [1.29, 1.82) is 5.26 Å². The Morgan fingerprint density at radius 3 is 2.20 bits per heavy atom. The number of benzene rings is 1. The lowest BCUT2D eigenvalue weighted by Crippen LogP contribution is -2.16. The van der Waals surface area contributed by atoms with Crippen LogP contribution in [0.4, 0.5) is 0 Å². The lowest BCUT2D eigenvalue weighted by atomic mass is 9.88. The molecule has 0 heterocycles. The number of nitrogens with zero attached hydrogens (tertiary/aromatic N) is 1. The van der Waals surface area contributed by atoms with Crippen molar-refractivity contribution in [2.45, 2.75) is 25.7 Å². The number of carboxylic acids is 1. The van der Waals surface area contributed by atoms with Gasteiger partial charge in [0.15, 0.2) is 0 Å². The van der Waals surface area contributed by atoms with E-state index in [1.165, 1.54) is 14.2 Å². The van der Waals surface area contributed by atoms with Crippen molar-refractivity contribution in [3.8, 4) is 17.6 Å². The van der Waals surface area contributed by atoms with Crippen LogP contribution in [0.2, 0.25) is 0 Å². The van der Waals surface area contributed by atoms with Crippen LogP contribution in [0.5, 0.6) is 11.5 Å². The van der Waals surface area contributed by atoms with Crippen LogP contribution in [0.1, 0.15) is 31.2 Å². The molecule has 1 aromatic rings. The standard InChI is InChI=1S/C15H19NO4/c1-4-10(15(17)18)5-12(9-16)11-6-13(19-2)8-14(7-11)20-3/h6-8,10,12H,4-5H2,1-3H3,(H,17,18). The van der Waals surface area contributed by atoms with Crippen LogP contribution in [0, 0.1) is 17.2 Å². The van der Waals surface area contributed by atoms with E-state index in [9.17, 15) is 10.1 Å². The molecule has 1 aromatic carbocycles. The molecule has 0 fully saturated rings. The molecule has 5 heteroatoms. The van der Waals surface area contributed by atoms with E-state index in [0.717, 1.165) is 0 Å². The van der Waals surface area contributed by atoms with Gasteiger partial charge in [-0.15, -0.1) is 0 Å². The first-order chi connectivity index (χ1) is 9.55. The minimum Gasteiger partial charge on any atom is -0.497 e. The van der Waals surface area contributed by atoms with E-state index in [2.05, 4.69) is 6.07 Å². The third-order valence-electron chi connectivity index (χ3n) is 3.29. The maximum atomic E-state index is 11.1. The summed E-state index contributed by atoms with van der Waals surface area (Å²) in [5, 5.41) is 18.4. The van der Waals surface area contributed by atoms with Crippen molar-refractivity contribution < 1.29 is 19.4 Å². The SMILES string of the molecule is CCC(CC(C#N)c1cc(OC)cc(OC)c1)C(=O)O. The van der Waals surface area contributed by atoms with Crippen molar-refractivity contribution in [3.05, 3.63) is 23.8 Å². The first kappa shape index (κ1) is 15.8. The van der Waals surface area contributed by atoms with Gasteiger partial charge in [-0.3, -0.25) is 4.79 Å². The van der Waals surface area contributed by atoms with Crippen molar-refractivity contribution in [2.24, 2.45) is 5.92 Å². The number of aliphatic carboxylic acids is 1. The Morgan fingerprint density at radius 1 is 1.30 bits per heavy atom. The first-order valence-corrected chi connectivity index (χ1v) is 6.41. The van der Waals surface area contributed by atoms with Gasteiger partial charge in [0.25, 0.3) is 0 Å². The number of methoxy groups -OCH3 is 2. The zero-order valence-electron chi connectivity index (χ0n) is 11.9. The van der Waals surface area contributed by atoms with Gasteiger partial charge in [0, 0.05) is 6.07 Å². The summed E-state index contributed by atoms with van der Waals surface area (Å²) in [6, 6.07) is 7.36. The minimum absolute atomic E-state index is 0.276. The second kappa shape index (κ2) is 7.39. The molecule has 20 heavy (non-hydrogen) atoms.